The highest BCUT2D eigenvalue weighted by molar-refractivity contribution is 9.10. The maximum absolute atomic E-state index is 10.6. The van der Waals surface area contributed by atoms with E-state index in [9.17, 15) is 4.79 Å². The van der Waals surface area contributed by atoms with E-state index in [2.05, 4.69) is 20.9 Å². The van der Waals surface area contributed by atoms with Crippen molar-refractivity contribution in [3.63, 3.8) is 0 Å². The quantitative estimate of drug-likeness (QED) is 0.693. The van der Waals surface area contributed by atoms with Gasteiger partial charge in [-0.1, -0.05) is 0 Å². The number of halogens is 1. The normalized spacial score (nSPS) is 9.58. The fraction of sp³-hybridized carbons (Fsp3) is 0.250. The molecule has 1 rings (SSSR count). The molecule has 0 fully saturated rings. The lowest BCUT2D eigenvalue weighted by atomic mass is 10.3. The highest BCUT2D eigenvalue weighted by atomic mass is 79.9. The van der Waals surface area contributed by atoms with E-state index >= 15 is 0 Å². The predicted octanol–water partition coefficient (Wildman–Crippen LogP) is 2.08. The van der Waals surface area contributed by atoms with E-state index in [0.29, 0.717) is 11.4 Å². The first kappa shape index (κ1) is 9.19. The fourth-order valence-corrected chi connectivity index (χ4v) is 1.06. The van der Waals surface area contributed by atoms with Gasteiger partial charge in [0.05, 0.1) is 5.69 Å². The molecule has 0 aliphatic rings. The minimum atomic E-state index is -0.335. The summed E-state index contributed by atoms with van der Waals surface area (Å²) in [4.78, 5) is 14.6. The second-order valence-corrected chi connectivity index (χ2v) is 3.25. The second kappa shape index (κ2) is 3.67. The fourth-order valence-electron chi connectivity index (χ4n) is 0.747. The van der Waals surface area contributed by atoms with Gasteiger partial charge >= 0.3 is 5.97 Å². The number of rotatable bonds is 1. The molecule has 0 amide bonds. The topological polar surface area (TPSA) is 39.2 Å². The van der Waals surface area contributed by atoms with Crippen molar-refractivity contribution in [1.29, 1.82) is 0 Å². The first-order chi connectivity index (χ1) is 5.59. The molecule has 0 bridgehead atoms. The summed E-state index contributed by atoms with van der Waals surface area (Å²) in [5.41, 5.74) is 0.702. The van der Waals surface area contributed by atoms with Gasteiger partial charge in [-0.2, -0.15) is 0 Å². The third-order valence-electron chi connectivity index (χ3n) is 1.26. The number of hydrogen-bond donors (Lipinski definition) is 0. The van der Waals surface area contributed by atoms with E-state index < -0.39 is 0 Å². The Hall–Kier alpha value is -0.900. The lowest BCUT2D eigenvalue weighted by Crippen LogP contribution is -2.03. The molecule has 0 aromatic carbocycles. The van der Waals surface area contributed by atoms with E-state index in [1.165, 1.54) is 6.92 Å². The van der Waals surface area contributed by atoms with E-state index in [1.54, 1.807) is 19.2 Å². The molecule has 0 spiro atoms. The molecule has 0 saturated carbocycles. The molecule has 0 unspecified atom stereocenters. The smallest absolute Gasteiger partial charge is 0.308 e. The Balaban J connectivity index is 2.97. The Morgan fingerprint density at radius 3 is 2.92 bits per heavy atom. The maximum atomic E-state index is 10.6. The van der Waals surface area contributed by atoms with Crippen molar-refractivity contribution in [3.8, 4) is 5.75 Å². The van der Waals surface area contributed by atoms with Crippen LogP contribution in [0.4, 0.5) is 0 Å². The molecule has 0 saturated heterocycles. The standard InChI is InChI=1S/C8H8BrNO2/c1-5-8(12-6(2)11)3-7(9)4-10-5/h3-4H,1-2H3. The number of ether oxygens (including phenoxy) is 1. The molecular formula is C8H8BrNO2. The molecule has 0 atom stereocenters. The summed E-state index contributed by atoms with van der Waals surface area (Å²) in [6.45, 7) is 3.14. The van der Waals surface area contributed by atoms with Gasteiger partial charge in [0.1, 0.15) is 0 Å². The van der Waals surface area contributed by atoms with Crippen molar-refractivity contribution in [3.05, 3.63) is 22.4 Å². The molecule has 1 aromatic heterocycles. The van der Waals surface area contributed by atoms with E-state index in [4.69, 9.17) is 4.74 Å². The van der Waals surface area contributed by atoms with Crippen LogP contribution in [-0.4, -0.2) is 11.0 Å². The third-order valence-corrected chi connectivity index (χ3v) is 1.69. The molecule has 64 valence electrons. The Morgan fingerprint density at radius 2 is 2.33 bits per heavy atom. The van der Waals surface area contributed by atoms with E-state index in [1.807, 2.05) is 0 Å². The Bertz CT molecular complexity index is 312. The molecule has 0 aliphatic carbocycles. The molecule has 0 aliphatic heterocycles. The number of carbonyl (C=O) groups excluding carboxylic acids is 1. The molecule has 12 heavy (non-hydrogen) atoms. The monoisotopic (exact) mass is 229 g/mol. The zero-order chi connectivity index (χ0) is 9.14. The number of carbonyl (C=O) groups is 1. The van der Waals surface area contributed by atoms with Crippen LogP contribution in [0.15, 0.2) is 16.7 Å². The number of nitrogens with zero attached hydrogens (tertiary/aromatic N) is 1. The molecule has 4 heteroatoms. The SMILES string of the molecule is CC(=O)Oc1cc(Br)cnc1C. The zero-order valence-electron chi connectivity index (χ0n) is 6.80. The molecule has 0 radical (unpaired) electrons. The van der Waals surface area contributed by atoms with Crippen molar-refractivity contribution in [1.82, 2.24) is 4.98 Å². The Labute approximate surface area is 78.9 Å². The summed E-state index contributed by atoms with van der Waals surface area (Å²) < 4.78 is 5.69. The number of aryl methyl sites for hydroxylation is 1. The highest BCUT2D eigenvalue weighted by Gasteiger charge is 2.03. The Kier molecular flexibility index (Phi) is 2.81. The van der Waals surface area contributed by atoms with Crippen molar-refractivity contribution < 1.29 is 9.53 Å². The summed E-state index contributed by atoms with van der Waals surface area (Å²) in [6, 6.07) is 1.71. The van der Waals surface area contributed by atoms with Crippen LogP contribution in [0.1, 0.15) is 12.6 Å². The number of esters is 1. The summed E-state index contributed by atoms with van der Waals surface area (Å²) in [5.74, 6) is 0.162. The molecule has 3 nitrogen and oxygen atoms in total. The maximum Gasteiger partial charge on any atom is 0.308 e. The number of aromatic nitrogens is 1. The largest absolute Gasteiger partial charge is 0.425 e. The predicted molar refractivity (Wildman–Crippen MR) is 48.0 cm³/mol. The van der Waals surface area contributed by atoms with Gasteiger partial charge in [-0.25, -0.2) is 0 Å². The minimum Gasteiger partial charge on any atom is -0.425 e. The van der Waals surface area contributed by atoms with Crippen molar-refractivity contribution in [2.75, 3.05) is 0 Å². The van der Waals surface area contributed by atoms with Crippen LogP contribution in [0.25, 0.3) is 0 Å². The number of pyridine rings is 1. The molecule has 1 aromatic rings. The van der Waals surface area contributed by atoms with Crippen LogP contribution in [0.2, 0.25) is 0 Å². The van der Waals surface area contributed by atoms with Crippen LogP contribution >= 0.6 is 15.9 Å². The average molecular weight is 230 g/mol. The molecular weight excluding hydrogens is 222 g/mol. The summed E-state index contributed by atoms with van der Waals surface area (Å²) in [7, 11) is 0. The van der Waals surface area contributed by atoms with E-state index in [-0.39, 0.29) is 5.97 Å². The van der Waals surface area contributed by atoms with Gasteiger partial charge in [0.15, 0.2) is 5.75 Å². The summed E-state index contributed by atoms with van der Waals surface area (Å²) >= 11 is 3.23. The minimum absolute atomic E-state index is 0.335. The van der Waals surface area contributed by atoms with Gasteiger partial charge in [0.25, 0.3) is 0 Å². The summed E-state index contributed by atoms with van der Waals surface area (Å²) in [6.07, 6.45) is 1.66. The van der Waals surface area contributed by atoms with Crippen LogP contribution in [-0.2, 0) is 4.79 Å². The molecule has 1 heterocycles. The third kappa shape index (κ3) is 2.30. The average Bonchev–Trinajstić information content (AvgIpc) is 1.96. The highest BCUT2D eigenvalue weighted by Crippen LogP contribution is 2.20. The van der Waals surface area contributed by atoms with Crippen molar-refractivity contribution >= 4 is 21.9 Å². The van der Waals surface area contributed by atoms with Crippen LogP contribution in [0.3, 0.4) is 0 Å². The van der Waals surface area contributed by atoms with Crippen LogP contribution < -0.4 is 4.74 Å². The lowest BCUT2D eigenvalue weighted by molar-refractivity contribution is -0.131. The van der Waals surface area contributed by atoms with Gasteiger partial charge in [-0.3, -0.25) is 9.78 Å². The first-order valence-electron chi connectivity index (χ1n) is 3.40. The lowest BCUT2D eigenvalue weighted by Gasteiger charge is -2.03. The van der Waals surface area contributed by atoms with Crippen molar-refractivity contribution in [2.45, 2.75) is 13.8 Å². The van der Waals surface area contributed by atoms with Crippen molar-refractivity contribution in [2.24, 2.45) is 0 Å². The van der Waals surface area contributed by atoms with Crippen LogP contribution in [0, 0.1) is 6.92 Å². The second-order valence-electron chi connectivity index (χ2n) is 2.33. The zero-order valence-corrected chi connectivity index (χ0v) is 8.38. The first-order valence-corrected chi connectivity index (χ1v) is 4.19. The van der Waals surface area contributed by atoms with Gasteiger partial charge in [-0.15, -0.1) is 0 Å². The van der Waals surface area contributed by atoms with Gasteiger partial charge < -0.3 is 4.74 Å². The van der Waals surface area contributed by atoms with Crippen LogP contribution in [0.5, 0.6) is 5.75 Å². The Morgan fingerprint density at radius 1 is 1.67 bits per heavy atom. The van der Waals surface area contributed by atoms with Gasteiger partial charge in [-0.05, 0) is 28.9 Å². The van der Waals surface area contributed by atoms with Gasteiger partial charge in [0, 0.05) is 17.6 Å². The van der Waals surface area contributed by atoms with E-state index in [0.717, 1.165) is 4.47 Å². The van der Waals surface area contributed by atoms with Gasteiger partial charge in [0.2, 0.25) is 0 Å². The number of hydrogen-bond acceptors (Lipinski definition) is 3. The molecule has 0 N–H and O–H groups in total. The summed E-state index contributed by atoms with van der Waals surface area (Å²) in [5, 5.41) is 0.